The van der Waals surface area contributed by atoms with Crippen LogP contribution in [0.25, 0.3) is 0 Å². The third-order valence-corrected chi connectivity index (χ3v) is 5.85. The van der Waals surface area contributed by atoms with Gasteiger partial charge in [-0.25, -0.2) is 8.42 Å². The van der Waals surface area contributed by atoms with Gasteiger partial charge in [0.15, 0.2) is 9.84 Å². The first-order valence-corrected chi connectivity index (χ1v) is 7.67. The van der Waals surface area contributed by atoms with Crippen LogP contribution in [0.2, 0.25) is 0 Å². The molecule has 1 N–H and O–H groups in total. The molecule has 1 aliphatic rings. The maximum atomic E-state index is 12.4. The van der Waals surface area contributed by atoms with Crippen molar-refractivity contribution >= 4 is 9.84 Å². The second kappa shape index (κ2) is 5.28. The molecule has 100 valence electrons. The van der Waals surface area contributed by atoms with Gasteiger partial charge < -0.3 is 10.1 Å². The van der Waals surface area contributed by atoms with Gasteiger partial charge in [-0.3, -0.25) is 0 Å². The molecule has 5 heteroatoms. The first kappa shape index (κ1) is 13.4. The van der Waals surface area contributed by atoms with E-state index in [1.165, 1.54) is 0 Å². The fourth-order valence-electron chi connectivity index (χ4n) is 2.44. The van der Waals surface area contributed by atoms with E-state index in [0.29, 0.717) is 23.1 Å². The van der Waals surface area contributed by atoms with Crippen molar-refractivity contribution in [3.63, 3.8) is 0 Å². The van der Waals surface area contributed by atoms with Crippen molar-refractivity contribution < 1.29 is 13.2 Å². The van der Waals surface area contributed by atoms with Crippen molar-refractivity contribution in [1.82, 2.24) is 5.32 Å². The molecule has 2 unspecified atom stereocenters. The molecular weight excluding hydrogens is 250 g/mol. The Morgan fingerprint density at radius 1 is 1.22 bits per heavy atom. The summed E-state index contributed by atoms with van der Waals surface area (Å²) in [5, 5.41) is 2.89. The largest absolute Gasteiger partial charge is 0.497 e. The molecule has 0 saturated heterocycles. The standard InChI is InChI=1S/C13H19NO3S/c1-14-10-3-6-13(9-10)18(15,16)12-7-4-11(17-2)5-8-12/h4-5,7-8,10,13-14H,3,6,9H2,1-2H3. The molecule has 4 nitrogen and oxygen atoms in total. The topological polar surface area (TPSA) is 55.4 Å². The van der Waals surface area contributed by atoms with E-state index in [0.717, 1.165) is 12.8 Å². The highest BCUT2D eigenvalue weighted by Crippen LogP contribution is 2.30. The Bertz CT molecular complexity index is 495. The summed E-state index contributed by atoms with van der Waals surface area (Å²) >= 11 is 0. The van der Waals surface area contributed by atoms with E-state index in [2.05, 4.69) is 5.32 Å². The highest BCUT2D eigenvalue weighted by atomic mass is 32.2. The summed E-state index contributed by atoms with van der Waals surface area (Å²) in [6.45, 7) is 0. The molecule has 2 rings (SSSR count). The summed E-state index contributed by atoms with van der Waals surface area (Å²) in [7, 11) is 0.247. The molecule has 1 aromatic rings. The molecule has 0 spiro atoms. The lowest BCUT2D eigenvalue weighted by molar-refractivity contribution is 0.414. The third-order valence-electron chi connectivity index (χ3n) is 3.62. The number of nitrogens with one attached hydrogen (secondary N) is 1. The van der Waals surface area contributed by atoms with E-state index >= 15 is 0 Å². The summed E-state index contributed by atoms with van der Waals surface area (Å²) in [6.07, 6.45) is 2.36. The van der Waals surface area contributed by atoms with Crippen molar-refractivity contribution in [2.45, 2.75) is 35.4 Å². The van der Waals surface area contributed by atoms with Gasteiger partial charge in [-0.2, -0.15) is 0 Å². The van der Waals surface area contributed by atoms with Crippen LogP contribution in [0.5, 0.6) is 5.75 Å². The summed E-state index contributed by atoms with van der Waals surface area (Å²) in [6, 6.07) is 6.96. The van der Waals surface area contributed by atoms with Gasteiger partial charge in [0.25, 0.3) is 0 Å². The molecular formula is C13H19NO3S. The lowest BCUT2D eigenvalue weighted by Crippen LogP contribution is -2.25. The maximum Gasteiger partial charge on any atom is 0.181 e. The van der Waals surface area contributed by atoms with Gasteiger partial charge >= 0.3 is 0 Å². The van der Waals surface area contributed by atoms with Gasteiger partial charge in [0.1, 0.15) is 5.75 Å². The van der Waals surface area contributed by atoms with E-state index in [1.54, 1.807) is 31.4 Å². The number of sulfone groups is 1. The smallest absolute Gasteiger partial charge is 0.181 e. The SMILES string of the molecule is CNC1CCC(S(=O)(=O)c2ccc(OC)cc2)C1. The number of hydrogen-bond acceptors (Lipinski definition) is 4. The van der Waals surface area contributed by atoms with Crippen LogP contribution < -0.4 is 10.1 Å². The second-order valence-electron chi connectivity index (χ2n) is 4.64. The quantitative estimate of drug-likeness (QED) is 0.902. The molecule has 1 fully saturated rings. The van der Waals surface area contributed by atoms with Crippen LogP contribution in [-0.4, -0.2) is 33.9 Å². The fraction of sp³-hybridized carbons (Fsp3) is 0.538. The number of benzene rings is 1. The summed E-state index contributed by atoms with van der Waals surface area (Å²) in [5.41, 5.74) is 0. The zero-order valence-corrected chi connectivity index (χ0v) is 11.5. The van der Waals surface area contributed by atoms with Gasteiger partial charge in [0.2, 0.25) is 0 Å². The Hall–Kier alpha value is -1.07. The summed E-state index contributed by atoms with van der Waals surface area (Å²) in [5.74, 6) is 0.675. The molecule has 2 atom stereocenters. The van der Waals surface area contributed by atoms with Crippen LogP contribution in [0.4, 0.5) is 0 Å². The molecule has 0 aromatic heterocycles. The molecule has 1 aromatic carbocycles. The predicted molar refractivity (Wildman–Crippen MR) is 70.7 cm³/mol. The minimum atomic E-state index is -3.20. The Morgan fingerprint density at radius 2 is 1.89 bits per heavy atom. The molecule has 0 bridgehead atoms. The number of methoxy groups -OCH3 is 1. The number of hydrogen-bond donors (Lipinski definition) is 1. The number of rotatable bonds is 4. The Labute approximate surface area is 108 Å². The molecule has 0 heterocycles. The predicted octanol–water partition coefficient (Wildman–Crippen LogP) is 1.61. The van der Waals surface area contributed by atoms with E-state index in [4.69, 9.17) is 4.74 Å². The minimum Gasteiger partial charge on any atom is -0.497 e. The van der Waals surface area contributed by atoms with Gasteiger partial charge in [-0.1, -0.05) is 0 Å². The average Bonchev–Trinajstić information content (AvgIpc) is 2.88. The maximum absolute atomic E-state index is 12.4. The van der Waals surface area contributed by atoms with Gasteiger partial charge in [-0.05, 0) is 50.6 Å². The first-order chi connectivity index (χ1) is 8.57. The molecule has 0 radical (unpaired) electrons. The average molecular weight is 269 g/mol. The normalized spacial score (nSPS) is 24.1. The van der Waals surface area contributed by atoms with E-state index in [9.17, 15) is 8.42 Å². The monoisotopic (exact) mass is 269 g/mol. The fourth-order valence-corrected chi connectivity index (χ4v) is 4.27. The van der Waals surface area contributed by atoms with E-state index in [-0.39, 0.29) is 5.25 Å². The van der Waals surface area contributed by atoms with E-state index in [1.807, 2.05) is 7.05 Å². The zero-order chi connectivity index (χ0) is 13.2. The summed E-state index contributed by atoms with van der Waals surface area (Å²) in [4.78, 5) is 0.394. The highest BCUT2D eigenvalue weighted by Gasteiger charge is 2.34. The minimum absolute atomic E-state index is 0.261. The molecule has 1 saturated carbocycles. The van der Waals surface area contributed by atoms with Crippen LogP contribution in [0.3, 0.4) is 0 Å². The van der Waals surface area contributed by atoms with Crippen LogP contribution in [0.15, 0.2) is 29.2 Å². The van der Waals surface area contributed by atoms with Crippen LogP contribution in [0, 0.1) is 0 Å². The van der Waals surface area contributed by atoms with Crippen LogP contribution >= 0.6 is 0 Å². The van der Waals surface area contributed by atoms with Crippen molar-refractivity contribution in [2.24, 2.45) is 0 Å². The van der Waals surface area contributed by atoms with Crippen LogP contribution in [-0.2, 0) is 9.84 Å². The molecule has 18 heavy (non-hydrogen) atoms. The molecule has 1 aliphatic carbocycles. The third kappa shape index (κ3) is 2.52. The molecule has 0 amide bonds. The van der Waals surface area contributed by atoms with Crippen molar-refractivity contribution in [1.29, 1.82) is 0 Å². The lowest BCUT2D eigenvalue weighted by atomic mass is 10.3. The van der Waals surface area contributed by atoms with Crippen molar-refractivity contribution in [2.75, 3.05) is 14.2 Å². The van der Waals surface area contributed by atoms with E-state index < -0.39 is 9.84 Å². The lowest BCUT2D eigenvalue weighted by Gasteiger charge is -2.12. The van der Waals surface area contributed by atoms with Gasteiger partial charge in [-0.15, -0.1) is 0 Å². The zero-order valence-electron chi connectivity index (χ0n) is 10.7. The highest BCUT2D eigenvalue weighted by molar-refractivity contribution is 7.92. The Morgan fingerprint density at radius 3 is 2.39 bits per heavy atom. The number of ether oxygens (including phenoxy) is 1. The van der Waals surface area contributed by atoms with Gasteiger partial charge in [0.05, 0.1) is 17.3 Å². The van der Waals surface area contributed by atoms with Crippen LogP contribution in [0.1, 0.15) is 19.3 Å². The Kier molecular flexibility index (Phi) is 3.92. The summed E-state index contributed by atoms with van der Waals surface area (Å²) < 4.78 is 29.9. The Balaban J connectivity index is 2.20. The second-order valence-corrected chi connectivity index (χ2v) is 6.87. The van der Waals surface area contributed by atoms with Crippen molar-refractivity contribution in [3.8, 4) is 5.75 Å². The van der Waals surface area contributed by atoms with Crippen molar-refractivity contribution in [3.05, 3.63) is 24.3 Å². The molecule has 0 aliphatic heterocycles. The first-order valence-electron chi connectivity index (χ1n) is 6.13. The van der Waals surface area contributed by atoms with Gasteiger partial charge in [0, 0.05) is 6.04 Å².